The van der Waals surface area contributed by atoms with Crippen LogP contribution in [0.2, 0.25) is 0 Å². The number of hydrogen-bond donors (Lipinski definition) is 3. The lowest BCUT2D eigenvalue weighted by Gasteiger charge is -2.23. The van der Waals surface area contributed by atoms with Crippen LogP contribution in [0.15, 0.2) is 0 Å². The fraction of sp³-hybridized carbons (Fsp3) is 0.889. The predicted octanol–water partition coefficient (Wildman–Crippen LogP) is 17.1. The van der Waals surface area contributed by atoms with Crippen LogP contribution in [0.4, 0.5) is 0 Å². The first-order valence-corrected chi connectivity index (χ1v) is 35.7. The summed E-state index contributed by atoms with van der Waals surface area (Å²) in [5.41, 5.74) is 0. The van der Waals surface area contributed by atoms with E-state index in [0.717, 1.165) is 109 Å². The third kappa shape index (κ3) is 57.9. The van der Waals surface area contributed by atoms with Gasteiger partial charge in [-0.15, -0.1) is 0 Å². The Kier molecular flexibility index (Phi) is 59.9. The van der Waals surface area contributed by atoms with Crippen LogP contribution in [0, 0.1) is 0 Å². The number of esters is 4. The van der Waals surface area contributed by atoms with Gasteiger partial charge in [0.2, 0.25) is 0 Å². The van der Waals surface area contributed by atoms with Crippen LogP contribution in [0.1, 0.15) is 350 Å². The van der Waals surface area contributed by atoms with Gasteiger partial charge >= 0.3 is 35.8 Å². The number of unbranched alkanes of at least 4 members (excludes halogenated alkanes) is 27. The van der Waals surface area contributed by atoms with E-state index in [4.69, 9.17) is 29.2 Å². The number of hydrogen-bond acceptors (Lipinski definition) is 16. The van der Waals surface area contributed by atoms with Gasteiger partial charge in [0.1, 0.15) is 17.7 Å². The van der Waals surface area contributed by atoms with E-state index >= 15 is 0 Å². The van der Waals surface area contributed by atoms with Crippen molar-refractivity contribution in [1.82, 2.24) is 0 Å². The molecule has 2 saturated heterocycles. The summed E-state index contributed by atoms with van der Waals surface area (Å²) in [6, 6.07) is 0. The molecule has 0 aromatic heterocycles. The largest absolute Gasteiger partial charge is 0.481 e. The highest BCUT2D eigenvalue weighted by molar-refractivity contribution is 5.81. The average molecular weight is 1290 g/mol. The Morgan fingerprint density at radius 3 is 1.02 bits per heavy atom. The highest BCUT2D eigenvalue weighted by Crippen LogP contribution is 2.37. The third-order valence-electron chi connectivity index (χ3n) is 16.6. The number of methoxy groups -OCH3 is 3. The number of aliphatic hydroxyl groups is 1. The molecule has 90 heavy (non-hydrogen) atoms. The second kappa shape index (κ2) is 61.2. The molecule has 0 radical (unpaired) electrons. The van der Waals surface area contributed by atoms with Crippen molar-refractivity contribution >= 4 is 47.4 Å². The number of Topliss-reactive ketones (excluding diaryl/α,β-unsaturated/α-hetero) is 2. The summed E-state index contributed by atoms with van der Waals surface area (Å²) < 4.78 is 37.7. The number of carboxylic acid groups (broad SMARTS) is 2. The summed E-state index contributed by atoms with van der Waals surface area (Å²) >= 11 is 0. The van der Waals surface area contributed by atoms with Crippen LogP contribution in [0.25, 0.3) is 0 Å². The molecule has 7 unspecified atom stereocenters. The molecule has 7 atom stereocenters. The number of aliphatic carboxylic acids is 2. The number of ketones is 2. The van der Waals surface area contributed by atoms with Gasteiger partial charge in [-0.3, -0.25) is 28.8 Å². The number of epoxide rings is 1. The molecule has 0 amide bonds. The summed E-state index contributed by atoms with van der Waals surface area (Å²) in [4.78, 5) is 87.1. The van der Waals surface area contributed by atoms with Crippen LogP contribution in [-0.4, -0.2) is 126 Å². The van der Waals surface area contributed by atoms with E-state index in [9.17, 15) is 43.5 Å². The lowest BCUT2D eigenvalue weighted by Crippen LogP contribution is -2.31. The van der Waals surface area contributed by atoms with Crippen molar-refractivity contribution in [3.8, 4) is 0 Å². The highest BCUT2D eigenvalue weighted by Gasteiger charge is 2.43. The Bertz CT molecular complexity index is 1790. The molecule has 0 spiro atoms. The summed E-state index contributed by atoms with van der Waals surface area (Å²) in [6.07, 6.45) is 46.4. The van der Waals surface area contributed by atoms with Crippen molar-refractivity contribution in [2.75, 3.05) is 21.3 Å². The van der Waals surface area contributed by atoms with Gasteiger partial charge in [-0.25, -0.2) is 0 Å². The van der Waals surface area contributed by atoms with Crippen molar-refractivity contribution in [2.45, 2.75) is 392 Å². The minimum absolute atomic E-state index is 0.0350. The first-order chi connectivity index (χ1) is 43.2. The van der Waals surface area contributed by atoms with Crippen LogP contribution >= 0.6 is 0 Å². The Morgan fingerprint density at radius 1 is 0.378 bits per heavy atom. The van der Waals surface area contributed by atoms with Gasteiger partial charge in [-0.1, -0.05) is 207 Å². The Hall–Kier alpha value is -4.00. The fourth-order valence-corrected chi connectivity index (χ4v) is 10.9. The zero-order valence-corrected chi connectivity index (χ0v) is 58.4. The maximum absolute atomic E-state index is 12.0. The van der Waals surface area contributed by atoms with Crippen molar-refractivity contribution in [1.29, 1.82) is 0 Å². The van der Waals surface area contributed by atoms with E-state index in [1.165, 1.54) is 164 Å². The number of carboxylic acids is 2. The van der Waals surface area contributed by atoms with Gasteiger partial charge in [0, 0.05) is 38.5 Å². The number of carbonyl (C=O) groups is 8. The van der Waals surface area contributed by atoms with Crippen molar-refractivity contribution < 1.29 is 86.8 Å². The summed E-state index contributed by atoms with van der Waals surface area (Å²) in [5.74, 6) is -3.41. The topological polar surface area (TPSA) is 265 Å². The van der Waals surface area contributed by atoms with E-state index in [1.807, 2.05) is 6.92 Å². The molecular weight excluding hydrogens is 1150 g/mol. The second-order valence-electron chi connectivity index (χ2n) is 25.3. The molecule has 18 nitrogen and oxygen atoms in total. The summed E-state index contributed by atoms with van der Waals surface area (Å²) in [5, 5.41) is 27.6. The monoisotopic (exact) mass is 1280 g/mol. The molecule has 3 N–H and O–H groups in total. The van der Waals surface area contributed by atoms with E-state index < -0.39 is 35.9 Å². The van der Waals surface area contributed by atoms with E-state index in [1.54, 1.807) is 0 Å². The van der Waals surface area contributed by atoms with Crippen LogP contribution in [0.5, 0.6) is 0 Å². The SMILES string of the molecule is CC(=O)CCC(=O)O.CCCCCCCCC(OC(=O)CCC(C)=O)C(O)CCCCCCCC(=O)OC.CCCCCCCCC1OC(C)(CCC(=O)O)OC1CCCCCCCC(=O)OC.CCCCCCCCC1OC1CCCCCCCC(=O)OC. The van der Waals surface area contributed by atoms with E-state index in [-0.39, 0.29) is 73.8 Å². The molecule has 18 heteroatoms. The molecule has 2 fully saturated rings. The van der Waals surface area contributed by atoms with Crippen LogP contribution < -0.4 is 0 Å². The van der Waals surface area contributed by atoms with Crippen LogP contribution in [0.3, 0.4) is 0 Å². The zero-order chi connectivity index (χ0) is 67.5. The smallest absolute Gasteiger partial charge is 0.306 e. The van der Waals surface area contributed by atoms with Gasteiger partial charge in [0.15, 0.2) is 5.79 Å². The first-order valence-electron chi connectivity index (χ1n) is 35.7. The Balaban J connectivity index is 0. The van der Waals surface area contributed by atoms with Crippen molar-refractivity contribution in [3.05, 3.63) is 0 Å². The van der Waals surface area contributed by atoms with Crippen molar-refractivity contribution in [2.24, 2.45) is 0 Å². The third-order valence-corrected chi connectivity index (χ3v) is 16.6. The minimum Gasteiger partial charge on any atom is -0.481 e. The molecule has 2 aliphatic rings. The number of carbonyl (C=O) groups excluding carboxylic acids is 6. The maximum atomic E-state index is 12.0. The molecular formula is C72H132O18. The van der Waals surface area contributed by atoms with Gasteiger partial charge in [-0.05, 0) is 85.0 Å². The summed E-state index contributed by atoms with van der Waals surface area (Å²) in [7, 11) is 4.29. The highest BCUT2D eigenvalue weighted by atomic mass is 16.8. The number of aliphatic hydroxyl groups excluding tert-OH is 1. The standard InChI is InChI=1S/2C24H44O6.C19H36O3.C5H8O3/c1-4-5-6-7-9-12-15-20-21(30-24(2,29-20)19-18-22(25)26)16-13-10-8-11-14-17-23(27)28-3;1-4-5-6-7-10-13-16-22(30-24(28)19-18-20(2)25)21(26)15-12-9-8-11-14-17-23(27)29-3;1-3-4-5-6-8-11-14-17-18(22-17)15-12-9-7-10-13-16-19(20)21-2;1-4(6)2-3-5(7)8/h20-21H,4-19H2,1-3H3,(H,25,26);21-22,26H,4-19H2,1-3H3;17-18H,3-16H2,1-2H3;2-3H2,1H3,(H,7,8). The molecule has 2 aliphatic heterocycles. The van der Waals surface area contributed by atoms with Crippen LogP contribution in [-0.2, 0) is 71.5 Å². The Labute approximate surface area is 545 Å². The number of rotatable bonds is 56. The fourth-order valence-electron chi connectivity index (χ4n) is 10.9. The quantitative estimate of drug-likeness (QED) is 0.0221. The normalized spacial score (nSPS) is 17.8. The van der Waals surface area contributed by atoms with Gasteiger partial charge < -0.3 is 58.1 Å². The van der Waals surface area contributed by atoms with Crippen molar-refractivity contribution in [3.63, 3.8) is 0 Å². The molecule has 2 heterocycles. The summed E-state index contributed by atoms with van der Waals surface area (Å²) in [6.45, 7) is 11.4. The Morgan fingerprint density at radius 2 is 0.689 bits per heavy atom. The molecule has 0 aromatic carbocycles. The molecule has 0 bridgehead atoms. The molecule has 0 aliphatic carbocycles. The lowest BCUT2D eigenvalue weighted by molar-refractivity contribution is -0.172. The van der Waals surface area contributed by atoms with Gasteiger partial charge in [0.25, 0.3) is 0 Å². The second-order valence-corrected chi connectivity index (χ2v) is 25.3. The molecule has 0 saturated carbocycles. The van der Waals surface area contributed by atoms with E-state index in [2.05, 4.69) is 35.0 Å². The lowest BCUT2D eigenvalue weighted by atomic mass is 9.99. The molecule has 528 valence electrons. The zero-order valence-electron chi connectivity index (χ0n) is 58.4. The van der Waals surface area contributed by atoms with E-state index in [0.29, 0.717) is 50.7 Å². The first kappa shape index (κ1) is 88.1. The minimum atomic E-state index is -0.916. The molecule has 2 rings (SSSR count). The number of ether oxygens (including phenoxy) is 7. The van der Waals surface area contributed by atoms with Gasteiger partial charge in [0.05, 0.1) is 71.1 Å². The molecule has 0 aromatic rings. The average Bonchev–Trinajstić information content (AvgIpc) is 1.74. The van der Waals surface area contributed by atoms with Gasteiger partial charge in [-0.2, -0.15) is 0 Å². The predicted molar refractivity (Wildman–Crippen MR) is 354 cm³/mol. The maximum Gasteiger partial charge on any atom is 0.306 e.